The molecule has 2 heteroatoms. The molecule has 1 unspecified atom stereocenters. The fourth-order valence-electron chi connectivity index (χ4n) is 2.81. The quantitative estimate of drug-likeness (QED) is 0.824. The molecule has 0 amide bonds. The maximum absolute atomic E-state index is 6.11. The van der Waals surface area contributed by atoms with Crippen molar-refractivity contribution in [2.75, 3.05) is 0 Å². The second kappa shape index (κ2) is 3.48. The summed E-state index contributed by atoms with van der Waals surface area (Å²) >= 11 is 6.11. The van der Waals surface area contributed by atoms with Gasteiger partial charge in [-0.2, -0.15) is 0 Å². The molecule has 1 N–H and O–H groups in total. The van der Waals surface area contributed by atoms with Crippen LogP contribution >= 0.6 is 11.6 Å². The summed E-state index contributed by atoms with van der Waals surface area (Å²) < 4.78 is 0. The van der Waals surface area contributed by atoms with Crippen molar-refractivity contribution in [3.05, 3.63) is 34.3 Å². The highest BCUT2D eigenvalue weighted by atomic mass is 35.5. The molecule has 1 fully saturated rings. The Morgan fingerprint density at radius 1 is 1.31 bits per heavy atom. The fourth-order valence-corrected chi connectivity index (χ4v) is 2.99. The first-order chi connectivity index (χ1) is 7.56. The van der Waals surface area contributed by atoms with Gasteiger partial charge >= 0.3 is 0 Å². The molecule has 1 aromatic carbocycles. The van der Waals surface area contributed by atoms with Crippen molar-refractivity contribution in [1.29, 1.82) is 0 Å². The van der Waals surface area contributed by atoms with Gasteiger partial charge in [-0.05, 0) is 47.9 Å². The van der Waals surface area contributed by atoms with Gasteiger partial charge in [0.15, 0.2) is 0 Å². The highest BCUT2D eigenvalue weighted by molar-refractivity contribution is 6.30. The van der Waals surface area contributed by atoms with E-state index < -0.39 is 0 Å². The molecular weight excluding hydrogens is 218 g/mol. The van der Waals surface area contributed by atoms with Gasteiger partial charge in [-0.15, -0.1) is 0 Å². The van der Waals surface area contributed by atoms with Crippen LogP contribution < -0.4 is 5.32 Å². The predicted octanol–water partition coefficient (Wildman–Crippen LogP) is 3.72. The van der Waals surface area contributed by atoms with Crippen molar-refractivity contribution >= 4 is 11.6 Å². The molecule has 3 rings (SSSR count). The largest absolute Gasteiger partial charge is 0.307 e. The van der Waals surface area contributed by atoms with Crippen LogP contribution in [0, 0.1) is 5.41 Å². The number of hydrogen-bond acceptors (Lipinski definition) is 1. The van der Waals surface area contributed by atoms with E-state index in [4.69, 9.17) is 11.6 Å². The Morgan fingerprint density at radius 2 is 2.06 bits per heavy atom. The predicted molar refractivity (Wildman–Crippen MR) is 67.8 cm³/mol. The number of nitrogens with one attached hydrogen (secondary N) is 1. The minimum absolute atomic E-state index is 0.315. The second-order valence-electron chi connectivity index (χ2n) is 5.88. The molecule has 0 aliphatic heterocycles. The van der Waals surface area contributed by atoms with Gasteiger partial charge in [-0.3, -0.25) is 0 Å². The maximum Gasteiger partial charge on any atom is 0.0409 e. The van der Waals surface area contributed by atoms with Crippen molar-refractivity contribution in [2.24, 2.45) is 5.41 Å². The molecule has 1 nitrogen and oxygen atoms in total. The summed E-state index contributed by atoms with van der Waals surface area (Å²) in [6, 6.07) is 7.57. The zero-order valence-electron chi connectivity index (χ0n) is 9.89. The Balaban J connectivity index is 1.97. The minimum Gasteiger partial charge on any atom is -0.307 e. The first-order valence-corrected chi connectivity index (χ1v) is 6.48. The lowest BCUT2D eigenvalue weighted by molar-refractivity contribution is 0.267. The normalized spacial score (nSPS) is 26.8. The van der Waals surface area contributed by atoms with E-state index in [-0.39, 0.29) is 0 Å². The Labute approximate surface area is 102 Å². The van der Waals surface area contributed by atoms with Gasteiger partial charge in [0, 0.05) is 17.1 Å². The average Bonchev–Trinajstić information content (AvgIpc) is 2.96. The van der Waals surface area contributed by atoms with Gasteiger partial charge in [0.1, 0.15) is 0 Å². The maximum atomic E-state index is 6.11. The lowest BCUT2D eigenvalue weighted by atomic mass is 9.85. The number of halogens is 1. The van der Waals surface area contributed by atoms with Crippen LogP contribution in [-0.4, -0.2) is 6.04 Å². The molecule has 86 valence electrons. The third kappa shape index (κ3) is 1.76. The van der Waals surface area contributed by atoms with E-state index in [2.05, 4.69) is 31.3 Å². The van der Waals surface area contributed by atoms with Crippen LogP contribution in [-0.2, 0) is 6.42 Å². The summed E-state index contributed by atoms with van der Waals surface area (Å²) in [6.07, 6.45) is 3.83. The third-order valence-electron chi connectivity index (χ3n) is 3.83. The zero-order valence-corrected chi connectivity index (χ0v) is 10.6. The lowest BCUT2D eigenvalue weighted by Gasteiger charge is -2.28. The first kappa shape index (κ1) is 10.6. The fraction of sp³-hybridized carbons (Fsp3) is 0.571. The molecular formula is C14H18ClN. The summed E-state index contributed by atoms with van der Waals surface area (Å²) in [5, 5.41) is 4.63. The molecule has 0 bridgehead atoms. The Hall–Kier alpha value is -0.530. The highest BCUT2D eigenvalue weighted by Crippen LogP contribution is 2.47. The van der Waals surface area contributed by atoms with Crippen molar-refractivity contribution < 1.29 is 0 Å². The van der Waals surface area contributed by atoms with Gasteiger partial charge in [0.2, 0.25) is 0 Å². The van der Waals surface area contributed by atoms with E-state index >= 15 is 0 Å². The van der Waals surface area contributed by atoms with Crippen LogP contribution in [0.5, 0.6) is 0 Å². The average molecular weight is 236 g/mol. The van der Waals surface area contributed by atoms with E-state index in [1.165, 1.54) is 24.0 Å². The van der Waals surface area contributed by atoms with Gasteiger partial charge in [-0.1, -0.05) is 31.5 Å². The highest BCUT2D eigenvalue weighted by Gasteiger charge is 2.41. The molecule has 0 heterocycles. The summed E-state index contributed by atoms with van der Waals surface area (Å²) in [5.74, 6) is 0. The molecule has 1 aromatic rings. The number of rotatable bonds is 2. The van der Waals surface area contributed by atoms with Gasteiger partial charge in [-0.25, -0.2) is 0 Å². The first-order valence-electron chi connectivity index (χ1n) is 6.11. The monoisotopic (exact) mass is 235 g/mol. The Kier molecular flexibility index (Phi) is 2.31. The summed E-state index contributed by atoms with van der Waals surface area (Å²) in [5.41, 5.74) is 3.20. The number of fused-ring (bicyclic) bond motifs is 1. The zero-order chi connectivity index (χ0) is 11.3. The topological polar surface area (TPSA) is 12.0 Å². The van der Waals surface area contributed by atoms with E-state index in [1.807, 2.05) is 6.07 Å². The van der Waals surface area contributed by atoms with Crippen molar-refractivity contribution in [1.82, 2.24) is 5.32 Å². The summed E-state index contributed by atoms with van der Waals surface area (Å²) in [6.45, 7) is 4.70. The van der Waals surface area contributed by atoms with Crippen LogP contribution in [0.25, 0.3) is 0 Å². The van der Waals surface area contributed by atoms with Crippen molar-refractivity contribution in [3.8, 4) is 0 Å². The SMILES string of the molecule is CC1(C)Cc2ccc(Cl)cc2C1NC1CC1. The molecule has 16 heavy (non-hydrogen) atoms. The molecule has 1 atom stereocenters. The molecule has 1 saturated carbocycles. The van der Waals surface area contributed by atoms with Crippen LogP contribution in [0.2, 0.25) is 5.02 Å². The van der Waals surface area contributed by atoms with Crippen LogP contribution in [0.3, 0.4) is 0 Å². The molecule has 2 aliphatic rings. The molecule has 0 spiro atoms. The van der Waals surface area contributed by atoms with E-state index in [0.717, 1.165) is 17.5 Å². The molecule has 0 saturated heterocycles. The third-order valence-corrected chi connectivity index (χ3v) is 4.06. The smallest absolute Gasteiger partial charge is 0.0409 e. The Bertz CT molecular complexity index is 421. The van der Waals surface area contributed by atoms with E-state index in [9.17, 15) is 0 Å². The molecule has 0 aromatic heterocycles. The minimum atomic E-state index is 0.315. The number of hydrogen-bond donors (Lipinski definition) is 1. The molecule has 0 radical (unpaired) electrons. The standard InChI is InChI=1S/C14H18ClN/c1-14(2)8-9-3-4-10(15)7-12(9)13(14)16-11-5-6-11/h3-4,7,11,13,16H,5-6,8H2,1-2H3. The van der Waals surface area contributed by atoms with E-state index in [1.54, 1.807) is 0 Å². The van der Waals surface area contributed by atoms with Crippen LogP contribution in [0.1, 0.15) is 43.9 Å². The van der Waals surface area contributed by atoms with Gasteiger partial charge < -0.3 is 5.32 Å². The van der Waals surface area contributed by atoms with Crippen LogP contribution in [0.4, 0.5) is 0 Å². The lowest BCUT2D eigenvalue weighted by Crippen LogP contribution is -2.32. The van der Waals surface area contributed by atoms with Gasteiger partial charge in [0.25, 0.3) is 0 Å². The van der Waals surface area contributed by atoms with E-state index in [0.29, 0.717) is 11.5 Å². The van der Waals surface area contributed by atoms with Crippen LogP contribution in [0.15, 0.2) is 18.2 Å². The summed E-state index contributed by atoms with van der Waals surface area (Å²) in [7, 11) is 0. The molecule has 2 aliphatic carbocycles. The number of benzene rings is 1. The Morgan fingerprint density at radius 3 is 2.75 bits per heavy atom. The van der Waals surface area contributed by atoms with Crippen molar-refractivity contribution in [2.45, 2.75) is 45.2 Å². The second-order valence-corrected chi connectivity index (χ2v) is 6.32. The van der Waals surface area contributed by atoms with Gasteiger partial charge in [0.05, 0.1) is 0 Å². The van der Waals surface area contributed by atoms with Crippen molar-refractivity contribution in [3.63, 3.8) is 0 Å². The summed E-state index contributed by atoms with van der Waals surface area (Å²) in [4.78, 5) is 0.